The molecule has 0 radical (unpaired) electrons. The van der Waals surface area contributed by atoms with E-state index in [1.165, 1.54) is 11.8 Å². The van der Waals surface area contributed by atoms with Crippen molar-refractivity contribution >= 4 is 28.8 Å². The SMILES string of the molecule is CCOc1cc(Sc2ncc(N3CC=CCC3)c(-c3ccco3)n2)cs1. The van der Waals surface area contributed by atoms with Crippen molar-refractivity contribution in [3.63, 3.8) is 0 Å². The molecule has 26 heavy (non-hydrogen) atoms. The Hall–Kier alpha value is -2.25. The van der Waals surface area contributed by atoms with Crippen molar-refractivity contribution in [1.82, 2.24) is 9.97 Å². The first kappa shape index (κ1) is 17.2. The molecule has 0 bridgehead atoms. The van der Waals surface area contributed by atoms with Crippen molar-refractivity contribution < 1.29 is 9.15 Å². The van der Waals surface area contributed by atoms with Gasteiger partial charge in [-0.05, 0) is 37.2 Å². The summed E-state index contributed by atoms with van der Waals surface area (Å²) in [6.07, 6.45) is 9.00. The Balaban J connectivity index is 1.64. The van der Waals surface area contributed by atoms with Crippen molar-refractivity contribution in [2.24, 2.45) is 0 Å². The van der Waals surface area contributed by atoms with Gasteiger partial charge in [-0.25, -0.2) is 9.97 Å². The predicted molar refractivity (Wildman–Crippen MR) is 105 cm³/mol. The molecule has 4 rings (SSSR count). The summed E-state index contributed by atoms with van der Waals surface area (Å²) in [5.74, 6) is 0.763. The second kappa shape index (κ2) is 7.97. The third-order valence-corrected chi connectivity index (χ3v) is 5.79. The fourth-order valence-corrected chi connectivity index (χ4v) is 4.48. The number of hydrogen-bond acceptors (Lipinski definition) is 7. The Labute approximate surface area is 160 Å². The van der Waals surface area contributed by atoms with E-state index in [0.717, 1.165) is 46.6 Å². The van der Waals surface area contributed by atoms with Crippen LogP contribution in [0.5, 0.6) is 5.06 Å². The highest BCUT2D eigenvalue weighted by molar-refractivity contribution is 7.99. The predicted octanol–water partition coefficient (Wildman–Crippen LogP) is 5.11. The topological polar surface area (TPSA) is 51.4 Å². The van der Waals surface area contributed by atoms with Gasteiger partial charge in [0, 0.05) is 29.4 Å². The molecular weight excluding hydrogens is 366 g/mol. The van der Waals surface area contributed by atoms with Gasteiger partial charge in [-0.2, -0.15) is 0 Å². The van der Waals surface area contributed by atoms with Crippen LogP contribution in [0.4, 0.5) is 5.69 Å². The van der Waals surface area contributed by atoms with Crippen LogP contribution in [0.3, 0.4) is 0 Å². The molecule has 0 spiro atoms. The molecule has 0 atom stereocenters. The Bertz CT molecular complexity index is 890. The molecule has 0 saturated carbocycles. The molecular formula is C19H19N3O2S2. The molecule has 134 valence electrons. The molecule has 1 aliphatic rings. The van der Waals surface area contributed by atoms with Crippen molar-refractivity contribution in [2.45, 2.75) is 23.4 Å². The third-order valence-electron chi connectivity index (χ3n) is 3.95. The molecule has 0 aliphatic carbocycles. The van der Waals surface area contributed by atoms with Gasteiger partial charge in [-0.3, -0.25) is 0 Å². The quantitative estimate of drug-likeness (QED) is 0.434. The van der Waals surface area contributed by atoms with Crippen LogP contribution < -0.4 is 9.64 Å². The number of nitrogens with zero attached hydrogens (tertiary/aromatic N) is 3. The fourth-order valence-electron chi connectivity index (χ4n) is 2.77. The molecule has 0 aromatic carbocycles. The summed E-state index contributed by atoms with van der Waals surface area (Å²) in [5.41, 5.74) is 1.84. The van der Waals surface area contributed by atoms with Crippen molar-refractivity contribution in [2.75, 3.05) is 24.6 Å². The average molecular weight is 386 g/mol. The average Bonchev–Trinajstić information content (AvgIpc) is 3.35. The third kappa shape index (κ3) is 3.78. The zero-order valence-corrected chi connectivity index (χ0v) is 16.1. The zero-order chi connectivity index (χ0) is 17.8. The maximum Gasteiger partial charge on any atom is 0.193 e. The number of ether oxygens (including phenoxy) is 1. The lowest BCUT2D eigenvalue weighted by Gasteiger charge is -2.26. The number of rotatable bonds is 6. The van der Waals surface area contributed by atoms with Gasteiger partial charge in [0.15, 0.2) is 16.0 Å². The Kier molecular flexibility index (Phi) is 5.26. The van der Waals surface area contributed by atoms with E-state index in [4.69, 9.17) is 14.1 Å². The molecule has 7 heteroatoms. The number of hydrogen-bond donors (Lipinski definition) is 0. The van der Waals surface area contributed by atoms with Gasteiger partial charge in [0.2, 0.25) is 0 Å². The van der Waals surface area contributed by atoms with Crippen LogP contribution in [0.25, 0.3) is 11.5 Å². The Morgan fingerprint density at radius 2 is 2.35 bits per heavy atom. The van der Waals surface area contributed by atoms with Crippen LogP contribution >= 0.6 is 23.1 Å². The minimum absolute atomic E-state index is 0.669. The van der Waals surface area contributed by atoms with Crippen LogP contribution in [-0.2, 0) is 0 Å². The van der Waals surface area contributed by atoms with E-state index in [2.05, 4.69) is 27.4 Å². The minimum Gasteiger partial charge on any atom is -0.484 e. The van der Waals surface area contributed by atoms with E-state index in [-0.39, 0.29) is 0 Å². The maximum absolute atomic E-state index is 5.63. The fraction of sp³-hybridized carbons (Fsp3) is 0.263. The highest BCUT2D eigenvalue weighted by Crippen LogP contribution is 2.36. The number of anilines is 1. The van der Waals surface area contributed by atoms with Crippen molar-refractivity contribution in [1.29, 1.82) is 0 Å². The Morgan fingerprint density at radius 1 is 1.38 bits per heavy atom. The number of furan rings is 1. The smallest absolute Gasteiger partial charge is 0.193 e. The summed E-state index contributed by atoms with van der Waals surface area (Å²) < 4.78 is 11.2. The first-order valence-electron chi connectivity index (χ1n) is 8.53. The molecule has 0 saturated heterocycles. The maximum atomic E-state index is 5.63. The molecule has 0 N–H and O–H groups in total. The largest absolute Gasteiger partial charge is 0.484 e. The summed E-state index contributed by atoms with van der Waals surface area (Å²) >= 11 is 3.12. The lowest BCUT2D eigenvalue weighted by atomic mass is 10.2. The van der Waals surface area contributed by atoms with Gasteiger partial charge < -0.3 is 14.1 Å². The van der Waals surface area contributed by atoms with E-state index in [0.29, 0.717) is 11.8 Å². The number of thiophene rings is 1. The zero-order valence-electron chi connectivity index (χ0n) is 14.4. The first-order valence-corrected chi connectivity index (χ1v) is 10.2. The van der Waals surface area contributed by atoms with Gasteiger partial charge in [-0.1, -0.05) is 12.2 Å². The summed E-state index contributed by atoms with van der Waals surface area (Å²) in [4.78, 5) is 12.7. The first-order chi connectivity index (χ1) is 12.8. The monoisotopic (exact) mass is 385 g/mol. The van der Waals surface area contributed by atoms with E-state index >= 15 is 0 Å². The van der Waals surface area contributed by atoms with E-state index in [9.17, 15) is 0 Å². The molecule has 3 aromatic rings. The van der Waals surface area contributed by atoms with E-state index in [1.54, 1.807) is 17.6 Å². The van der Waals surface area contributed by atoms with Crippen LogP contribution in [0.1, 0.15) is 13.3 Å². The summed E-state index contributed by atoms with van der Waals surface area (Å²) in [6, 6.07) is 5.85. The number of aromatic nitrogens is 2. The minimum atomic E-state index is 0.669. The van der Waals surface area contributed by atoms with Gasteiger partial charge >= 0.3 is 0 Å². The second-order valence-electron chi connectivity index (χ2n) is 5.71. The lowest BCUT2D eigenvalue weighted by Crippen LogP contribution is -2.27. The summed E-state index contributed by atoms with van der Waals surface area (Å²) in [7, 11) is 0. The van der Waals surface area contributed by atoms with Gasteiger partial charge in [0.05, 0.1) is 24.8 Å². The molecule has 0 unspecified atom stereocenters. The normalized spacial score (nSPS) is 14.0. The lowest BCUT2D eigenvalue weighted by molar-refractivity contribution is 0.350. The molecule has 1 aliphatic heterocycles. The summed E-state index contributed by atoms with van der Waals surface area (Å²) in [5, 5.41) is 3.68. The van der Waals surface area contributed by atoms with Crippen LogP contribution in [0.2, 0.25) is 0 Å². The molecule has 3 aromatic heterocycles. The molecule has 4 heterocycles. The van der Waals surface area contributed by atoms with Crippen LogP contribution in [0.15, 0.2) is 62.7 Å². The van der Waals surface area contributed by atoms with Crippen LogP contribution in [-0.4, -0.2) is 29.7 Å². The molecule has 0 amide bonds. The van der Waals surface area contributed by atoms with Gasteiger partial charge in [-0.15, -0.1) is 11.3 Å². The second-order valence-corrected chi connectivity index (χ2v) is 7.62. The van der Waals surface area contributed by atoms with Crippen molar-refractivity contribution in [3.05, 3.63) is 48.2 Å². The van der Waals surface area contributed by atoms with Crippen molar-refractivity contribution in [3.8, 4) is 16.5 Å². The molecule has 5 nitrogen and oxygen atoms in total. The van der Waals surface area contributed by atoms with E-state index in [1.807, 2.05) is 31.3 Å². The standard InChI is InChI=1S/C19H19N3O2S2/c1-2-23-17-11-14(13-25-17)26-19-20-12-15(22-8-4-3-5-9-22)18(21-19)16-7-6-10-24-16/h3-4,6-7,10-13H,2,5,8-9H2,1H3. The summed E-state index contributed by atoms with van der Waals surface area (Å²) in [6.45, 7) is 4.48. The highest BCUT2D eigenvalue weighted by atomic mass is 32.2. The highest BCUT2D eigenvalue weighted by Gasteiger charge is 2.18. The van der Waals surface area contributed by atoms with Crippen LogP contribution in [0, 0.1) is 0 Å². The Morgan fingerprint density at radius 3 is 3.12 bits per heavy atom. The van der Waals surface area contributed by atoms with Gasteiger partial charge in [0.1, 0.15) is 5.69 Å². The van der Waals surface area contributed by atoms with E-state index < -0.39 is 0 Å². The van der Waals surface area contributed by atoms with Gasteiger partial charge in [0.25, 0.3) is 0 Å². The molecule has 0 fully saturated rings.